The van der Waals surface area contributed by atoms with Gasteiger partial charge < -0.3 is 9.84 Å². The number of aliphatic imine (C=N–C) groups is 1. The Bertz CT molecular complexity index is 1060. The molecule has 0 spiro atoms. The number of nitriles is 1. The monoisotopic (exact) mass is 430 g/mol. The lowest BCUT2D eigenvalue weighted by Crippen LogP contribution is -2.61. The van der Waals surface area contributed by atoms with E-state index in [1.807, 2.05) is 0 Å². The predicted octanol–water partition coefficient (Wildman–Crippen LogP) is 1.52. The number of aromatic nitrogens is 2. The van der Waals surface area contributed by atoms with Crippen LogP contribution in [0.4, 0.5) is 13.2 Å². The van der Waals surface area contributed by atoms with Crippen LogP contribution in [-0.2, 0) is 16.4 Å². The number of nitrogens with one attached hydrogen (secondary N) is 2. The summed E-state index contributed by atoms with van der Waals surface area (Å²) in [5.74, 6) is -0.116. The standard InChI is InChI=1S/C20H17F3N6O2/c21-20(22,23)14-3-1-13(2-4-14)19(17(30)16-9-25-8-15(6-24)28-16)5-12(7-26-10-19)18-27-11-31-29-18/h1-5,7,11,15-16,25,28H,8-10H2. The van der Waals surface area contributed by atoms with E-state index in [0.29, 0.717) is 17.7 Å². The molecule has 3 atom stereocenters. The molecule has 3 heterocycles. The number of carbonyl (C=O) groups excluding carboxylic acids is 1. The molecule has 160 valence electrons. The van der Waals surface area contributed by atoms with E-state index in [0.717, 1.165) is 18.5 Å². The highest BCUT2D eigenvalue weighted by Gasteiger charge is 2.45. The van der Waals surface area contributed by atoms with Gasteiger partial charge in [0.05, 0.1) is 29.6 Å². The second-order valence-electron chi connectivity index (χ2n) is 7.29. The van der Waals surface area contributed by atoms with Gasteiger partial charge in [0.2, 0.25) is 12.2 Å². The molecule has 2 N–H and O–H groups in total. The molecule has 4 rings (SSSR count). The second kappa shape index (κ2) is 8.05. The van der Waals surface area contributed by atoms with Crippen molar-refractivity contribution in [1.82, 2.24) is 20.8 Å². The van der Waals surface area contributed by atoms with Crippen molar-refractivity contribution in [3.63, 3.8) is 0 Å². The molecule has 31 heavy (non-hydrogen) atoms. The molecule has 0 saturated carbocycles. The zero-order valence-electron chi connectivity index (χ0n) is 16.1. The van der Waals surface area contributed by atoms with Gasteiger partial charge in [-0.2, -0.15) is 23.4 Å². The molecule has 8 nitrogen and oxygen atoms in total. The van der Waals surface area contributed by atoms with Crippen LogP contribution < -0.4 is 10.6 Å². The molecule has 2 aromatic rings. The summed E-state index contributed by atoms with van der Waals surface area (Å²) in [6.07, 6.45) is -0.274. The number of rotatable bonds is 4. The van der Waals surface area contributed by atoms with Gasteiger partial charge in [0.15, 0.2) is 5.78 Å². The molecule has 3 unspecified atom stereocenters. The molecule has 2 aliphatic heterocycles. The SMILES string of the molecule is N#CC1CNCC(C(=O)C2(c3ccc(C(F)(F)F)cc3)C=C(c3ncon3)C=NC2)N1. The van der Waals surface area contributed by atoms with Crippen LogP contribution in [0.15, 0.2) is 46.3 Å². The van der Waals surface area contributed by atoms with Crippen molar-refractivity contribution in [2.45, 2.75) is 23.7 Å². The van der Waals surface area contributed by atoms with Crippen LogP contribution in [0.2, 0.25) is 0 Å². The number of hydrogen-bond donors (Lipinski definition) is 2. The summed E-state index contributed by atoms with van der Waals surface area (Å²) in [5.41, 5.74) is -1.42. The van der Waals surface area contributed by atoms with Crippen LogP contribution in [0.25, 0.3) is 5.57 Å². The van der Waals surface area contributed by atoms with Gasteiger partial charge in [-0.25, -0.2) is 0 Å². The lowest BCUT2D eigenvalue weighted by molar-refractivity contribution is -0.137. The van der Waals surface area contributed by atoms with Gasteiger partial charge in [-0.15, -0.1) is 0 Å². The van der Waals surface area contributed by atoms with E-state index in [9.17, 15) is 23.2 Å². The van der Waals surface area contributed by atoms with Crippen LogP contribution in [0.1, 0.15) is 17.0 Å². The van der Waals surface area contributed by atoms with Crippen LogP contribution in [0, 0.1) is 11.3 Å². The number of benzene rings is 1. The summed E-state index contributed by atoms with van der Waals surface area (Å²) >= 11 is 0. The highest BCUT2D eigenvalue weighted by Crippen LogP contribution is 2.36. The quantitative estimate of drug-likeness (QED) is 0.755. The minimum absolute atomic E-state index is 0.00600. The Morgan fingerprint density at radius 2 is 2.03 bits per heavy atom. The first kappa shape index (κ1) is 20.9. The summed E-state index contributed by atoms with van der Waals surface area (Å²) in [6.45, 7) is 0.651. The van der Waals surface area contributed by atoms with Crippen molar-refractivity contribution in [1.29, 1.82) is 5.26 Å². The van der Waals surface area contributed by atoms with Crippen molar-refractivity contribution >= 4 is 17.6 Å². The summed E-state index contributed by atoms with van der Waals surface area (Å²) in [6, 6.07) is 5.21. The lowest BCUT2D eigenvalue weighted by atomic mass is 9.71. The molecule has 0 radical (unpaired) electrons. The van der Waals surface area contributed by atoms with Crippen LogP contribution in [0.5, 0.6) is 0 Å². The topological polar surface area (TPSA) is 116 Å². The van der Waals surface area contributed by atoms with E-state index in [-0.39, 0.29) is 24.7 Å². The number of carbonyl (C=O) groups is 1. The molecule has 1 aromatic heterocycles. The lowest BCUT2D eigenvalue weighted by Gasteiger charge is -2.37. The molecule has 2 aliphatic rings. The number of ketones is 1. The predicted molar refractivity (Wildman–Crippen MR) is 103 cm³/mol. The maximum absolute atomic E-state index is 13.7. The van der Waals surface area contributed by atoms with Crippen LogP contribution in [-0.4, -0.2) is 53.9 Å². The van der Waals surface area contributed by atoms with E-state index < -0.39 is 29.2 Å². The third-order valence-electron chi connectivity index (χ3n) is 5.33. The summed E-state index contributed by atoms with van der Waals surface area (Å²) < 4.78 is 43.9. The first-order valence-corrected chi connectivity index (χ1v) is 9.41. The van der Waals surface area contributed by atoms with Gasteiger partial charge in [-0.1, -0.05) is 23.4 Å². The first-order valence-electron chi connectivity index (χ1n) is 9.41. The molecular formula is C20H17F3N6O2. The van der Waals surface area contributed by atoms with Gasteiger partial charge >= 0.3 is 6.18 Å². The molecule has 0 amide bonds. The van der Waals surface area contributed by atoms with E-state index >= 15 is 0 Å². The van der Waals surface area contributed by atoms with Crippen molar-refractivity contribution < 1.29 is 22.5 Å². The third kappa shape index (κ3) is 3.99. The normalized spacial score (nSPS) is 26.2. The summed E-state index contributed by atoms with van der Waals surface area (Å²) in [5, 5.41) is 19.0. The van der Waals surface area contributed by atoms with Gasteiger partial charge in [-0.05, 0) is 17.7 Å². The average molecular weight is 430 g/mol. The largest absolute Gasteiger partial charge is 0.416 e. The fraction of sp³-hybridized carbons (Fsp3) is 0.350. The zero-order chi connectivity index (χ0) is 22.1. The smallest absolute Gasteiger partial charge is 0.342 e. The van der Waals surface area contributed by atoms with Crippen molar-refractivity contribution in [3.8, 4) is 6.07 Å². The third-order valence-corrected chi connectivity index (χ3v) is 5.33. The van der Waals surface area contributed by atoms with Gasteiger partial charge in [0.1, 0.15) is 6.04 Å². The van der Waals surface area contributed by atoms with Crippen molar-refractivity contribution in [3.05, 3.63) is 53.7 Å². The Labute approximate surface area is 174 Å². The highest BCUT2D eigenvalue weighted by atomic mass is 19.4. The van der Waals surface area contributed by atoms with Crippen molar-refractivity contribution in [2.24, 2.45) is 4.99 Å². The fourth-order valence-corrected chi connectivity index (χ4v) is 3.77. The number of piperazine rings is 1. The van der Waals surface area contributed by atoms with Gasteiger partial charge in [0.25, 0.3) is 0 Å². The van der Waals surface area contributed by atoms with Gasteiger partial charge in [-0.3, -0.25) is 15.1 Å². The minimum Gasteiger partial charge on any atom is -0.342 e. The Hall–Kier alpha value is -3.36. The Morgan fingerprint density at radius 1 is 1.26 bits per heavy atom. The number of dihydropyridines is 1. The second-order valence-corrected chi connectivity index (χ2v) is 7.29. The molecular weight excluding hydrogens is 413 g/mol. The van der Waals surface area contributed by atoms with Gasteiger partial charge in [0, 0.05) is 24.9 Å². The first-order chi connectivity index (χ1) is 14.8. The number of alkyl halides is 3. The molecule has 11 heteroatoms. The Balaban J connectivity index is 1.79. The number of hydrogen-bond acceptors (Lipinski definition) is 8. The number of halogens is 3. The van der Waals surface area contributed by atoms with E-state index in [4.69, 9.17) is 4.52 Å². The Kier molecular flexibility index (Phi) is 5.43. The van der Waals surface area contributed by atoms with Crippen LogP contribution >= 0.6 is 0 Å². The number of nitrogens with zero attached hydrogens (tertiary/aromatic N) is 4. The van der Waals surface area contributed by atoms with E-state index in [1.54, 1.807) is 6.08 Å². The Morgan fingerprint density at radius 3 is 2.68 bits per heavy atom. The zero-order valence-corrected chi connectivity index (χ0v) is 16.1. The number of allylic oxidation sites excluding steroid dienone is 1. The fourth-order valence-electron chi connectivity index (χ4n) is 3.77. The maximum atomic E-state index is 13.7. The maximum Gasteiger partial charge on any atom is 0.416 e. The van der Waals surface area contributed by atoms with Crippen LogP contribution in [0.3, 0.4) is 0 Å². The summed E-state index contributed by atoms with van der Waals surface area (Å²) in [4.78, 5) is 22.0. The number of Topliss-reactive ketones (excluding diaryl/α,β-unsaturated/α-hetero) is 1. The molecule has 1 saturated heterocycles. The molecule has 0 aliphatic carbocycles. The van der Waals surface area contributed by atoms with E-state index in [2.05, 4.69) is 31.8 Å². The highest BCUT2D eigenvalue weighted by molar-refractivity contribution is 6.12. The minimum atomic E-state index is -4.50. The average Bonchev–Trinajstić information content (AvgIpc) is 3.33. The molecule has 1 fully saturated rings. The molecule has 0 bridgehead atoms. The summed E-state index contributed by atoms with van der Waals surface area (Å²) in [7, 11) is 0. The molecule has 1 aromatic carbocycles. The van der Waals surface area contributed by atoms with E-state index in [1.165, 1.54) is 18.3 Å². The van der Waals surface area contributed by atoms with Crippen molar-refractivity contribution in [2.75, 3.05) is 19.6 Å².